The van der Waals surface area contributed by atoms with Gasteiger partial charge in [-0.1, -0.05) is 6.07 Å². The molecule has 0 unspecified atom stereocenters. The van der Waals surface area contributed by atoms with E-state index >= 15 is 0 Å². The van der Waals surface area contributed by atoms with Gasteiger partial charge in [0.15, 0.2) is 0 Å². The van der Waals surface area contributed by atoms with Gasteiger partial charge in [-0.2, -0.15) is 4.31 Å². The van der Waals surface area contributed by atoms with E-state index in [4.69, 9.17) is 4.42 Å². The summed E-state index contributed by atoms with van der Waals surface area (Å²) in [6.07, 6.45) is 0.693. The lowest BCUT2D eigenvalue weighted by Gasteiger charge is -2.33. The highest BCUT2D eigenvalue weighted by atomic mass is 32.2. The minimum absolute atomic E-state index is 0.419. The van der Waals surface area contributed by atoms with E-state index < -0.39 is 10.0 Å². The third kappa shape index (κ3) is 3.37. The Bertz CT molecular complexity index is 703. The summed E-state index contributed by atoms with van der Waals surface area (Å²) in [4.78, 5) is 2.22. The Labute approximate surface area is 133 Å². The molecule has 1 saturated heterocycles. The number of hydrogen-bond acceptors (Lipinski definition) is 7. The van der Waals surface area contributed by atoms with Crippen molar-refractivity contribution in [3.05, 3.63) is 29.3 Å². The van der Waals surface area contributed by atoms with Crippen molar-refractivity contribution in [1.82, 2.24) is 19.4 Å². The van der Waals surface area contributed by atoms with Crippen LogP contribution in [0.2, 0.25) is 0 Å². The molecule has 2 aromatic rings. The molecule has 0 radical (unpaired) electrons. The predicted molar refractivity (Wildman–Crippen MR) is 82.3 cm³/mol. The average molecular weight is 342 g/mol. The Morgan fingerprint density at radius 2 is 2.05 bits per heavy atom. The highest BCUT2D eigenvalue weighted by Crippen LogP contribution is 2.22. The monoisotopic (exact) mass is 342 g/mol. The first-order valence-corrected chi connectivity index (χ1v) is 9.43. The van der Waals surface area contributed by atoms with Crippen LogP contribution in [0.15, 0.2) is 26.1 Å². The highest BCUT2D eigenvalue weighted by Gasteiger charge is 2.29. The predicted octanol–water partition coefficient (Wildman–Crippen LogP) is 0.989. The maximum absolute atomic E-state index is 12.4. The van der Waals surface area contributed by atoms with Gasteiger partial charge in [0, 0.05) is 46.1 Å². The summed E-state index contributed by atoms with van der Waals surface area (Å²) in [7, 11) is -3.32. The fourth-order valence-corrected chi connectivity index (χ4v) is 4.99. The molecule has 0 N–H and O–H groups in total. The van der Waals surface area contributed by atoms with Crippen LogP contribution in [0.3, 0.4) is 0 Å². The van der Waals surface area contributed by atoms with Gasteiger partial charge in [0.1, 0.15) is 4.21 Å². The number of sulfonamides is 1. The van der Waals surface area contributed by atoms with Crippen molar-refractivity contribution < 1.29 is 12.8 Å². The Morgan fingerprint density at radius 1 is 1.27 bits per heavy atom. The summed E-state index contributed by atoms with van der Waals surface area (Å²) in [5.41, 5.74) is 0. The van der Waals surface area contributed by atoms with Crippen LogP contribution >= 0.6 is 11.3 Å². The molecule has 1 fully saturated rings. The number of nitrogens with zero attached hydrogens (tertiary/aromatic N) is 4. The van der Waals surface area contributed by atoms with Gasteiger partial charge >= 0.3 is 0 Å². The summed E-state index contributed by atoms with van der Waals surface area (Å²) in [6, 6.07) is 3.42. The number of hydrogen-bond donors (Lipinski definition) is 0. The summed E-state index contributed by atoms with van der Waals surface area (Å²) in [5.74, 6) is 1.20. The van der Waals surface area contributed by atoms with E-state index in [0.29, 0.717) is 35.5 Å². The van der Waals surface area contributed by atoms with E-state index in [0.717, 1.165) is 19.6 Å². The number of rotatable bonds is 5. The molecule has 2 aromatic heterocycles. The van der Waals surface area contributed by atoms with Gasteiger partial charge in [0.2, 0.25) is 11.8 Å². The summed E-state index contributed by atoms with van der Waals surface area (Å²) in [6.45, 7) is 5.04. The Hall–Kier alpha value is -1.29. The SMILES string of the molecule is Cc1nnc(CCN2CCN(S(=O)(=O)c3cccs3)CC2)o1. The summed E-state index contributed by atoms with van der Waals surface area (Å²) >= 11 is 1.26. The van der Waals surface area contributed by atoms with Gasteiger partial charge < -0.3 is 9.32 Å². The van der Waals surface area contributed by atoms with Crippen LogP contribution in [-0.4, -0.2) is 60.5 Å². The Morgan fingerprint density at radius 3 is 2.64 bits per heavy atom. The zero-order valence-electron chi connectivity index (χ0n) is 12.3. The zero-order chi connectivity index (χ0) is 15.6. The Balaban J connectivity index is 1.52. The maximum atomic E-state index is 12.4. The third-order valence-electron chi connectivity index (χ3n) is 3.63. The molecule has 1 aliphatic heterocycles. The lowest BCUT2D eigenvalue weighted by Crippen LogP contribution is -2.48. The average Bonchev–Trinajstić information content (AvgIpc) is 3.17. The largest absolute Gasteiger partial charge is 0.426 e. The van der Waals surface area contributed by atoms with Crippen molar-refractivity contribution in [3.63, 3.8) is 0 Å². The second-order valence-electron chi connectivity index (χ2n) is 5.14. The van der Waals surface area contributed by atoms with Crippen LogP contribution in [-0.2, 0) is 16.4 Å². The molecule has 0 aromatic carbocycles. The van der Waals surface area contributed by atoms with Crippen LogP contribution in [0, 0.1) is 6.92 Å². The quantitative estimate of drug-likeness (QED) is 0.806. The van der Waals surface area contributed by atoms with Crippen molar-refractivity contribution >= 4 is 21.4 Å². The second kappa shape index (κ2) is 6.45. The van der Waals surface area contributed by atoms with Crippen molar-refractivity contribution in [2.45, 2.75) is 17.6 Å². The molecule has 120 valence electrons. The molecular weight excluding hydrogens is 324 g/mol. The zero-order valence-corrected chi connectivity index (χ0v) is 13.9. The molecule has 0 saturated carbocycles. The van der Waals surface area contributed by atoms with Crippen LogP contribution in [0.25, 0.3) is 0 Å². The smallest absolute Gasteiger partial charge is 0.252 e. The van der Waals surface area contributed by atoms with Gasteiger partial charge in [-0.15, -0.1) is 21.5 Å². The molecule has 0 bridgehead atoms. The van der Waals surface area contributed by atoms with E-state index in [2.05, 4.69) is 15.1 Å². The highest BCUT2D eigenvalue weighted by molar-refractivity contribution is 7.91. The van der Waals surface area contributed by atoms with Gasteiger partial charge in [-0.3, -0.25) is 0 Å². The van der Waals surface area contributed by atoms with Crippen LogP contribution in [0.1, 0.15) is 11.8 Å². The van der Waals surface area contributed by atoms with Crippen molar-refractivity contribution in [3.8, 4) is 0 Å². The maximum Gasteiger partial charge on any atom is 0.252 e. The standard InChI is InChI=1S/C13H18N4O3S2/c1-11-14-15-12(20-11)4-5-16-6-8-17(9-7-16)22(18,19)13-3-2-10-21-13/h2-3,10H,4-9H2,1H3. The summed E-state index contributed by atoms with van der Waals surface area (Å²) in [5, 5.41) is 9.56. The molecule has 1 aliphatic rings. The molecular formula is C13H18N4O3S2. The van der Waals surface area contributed by atoms with E-state index in [1.165, 1.54) is 11.3 Å². The first-order chi connectivity index (χ1) is 10.6. The van der Waals surface area contributed by atoms with Gasteiger partial charge in [-0.25, -0.2) is 8.42 Å². The van der Waals surface area contributed by atoms with Gasteiger partial charge in [-0.05, 0) is 11.4 Å². The van der Waals surface area contributed by atoms with Crippen molar-refractivity contribution in [2.24, 2.45) is 0 Å². The molecule has 0 spiro atoms. The molecule has 7 nitrogen and oxygen atoms in total. The van der Waals surface area contributed by atoms with Gasteiger partial charge in [0.05, 0.1) is 0 Å². The minimum atomic E-state index is -3.32. The Kier molecular flexibility index (Phi) is 4.57. The minimum Gasteiger partial charge on any atom is -0.426 e. The van der Waals surface area contributed by atoms with E-state index in [-0.39, 0.29) is 0 Å². The van der Waals surface area contributed by atoms with E-state index in [9.17, 15) is 8.42 Å². The molecule has 0 amide bonds. The molecule has 9 heteroatoms. The fraction of sp³-hybridized carbons (Fsp3) is 0.538. The number of aryl methyl sites for hydroxylation is 1. The lowest BCUT2D eigenvalue weighted by atomic mass is 10.3. The van der Waals surface area contributed by atoms with Crippen molar-refractivity contribution in [1.29, 1.82) is 0 Å². The normalized spacial score (nSPS) is 17.9. The molecule has 22 heavy (non-hydrogen) atoms. The van der Waals surface area contributed by atoms with Crippen LogP contribution in [0.5, 0.6) is 0 Å². The van der Waals surface area contributed by atoms with E-state index in [1.807, 2.05) is 0 Å². The fourth-order valence-electron chi connectivity index (χ4n) is 2.42. The molecule has 0 atom stereocenters. The van der Waals surface area contributed by atoms with Crippen molar-refractivity contribution in [2.75, 3.05) is 32.7 Å². The number of thiophene rings is 1. The first-order valence-electron chi connectivity index (χ1n) is 7.11. The molecule has 3 rings (SSSR count). The second-order valence-corrected chi connectivity index (χ2v) is 8.26. The lowest BCUT2D eigenvalue weighted by molar-refractivity contribution is 0.187. The topological polar surface area (TPSA) is 79.5 Å². The number of piperazine rings is 1. The molecule has 3 heterocycles. The van der Waals surface area contributed by atoms with Crippen LogP contribution in [0.4, 0.5) is 0 Å². The summed E-state index contributed by atoms with van der Waals surface area (Å²) < 4.78 is 32.2. The van der Waals surface area contributed by atoms with Crippen LogP contribution < -0.4 is 0 Å². The first kappa shape index (κ1) is 15.6. The molecule has 0 aliphatic carbocycles. The third-order valence-corrected chi connectivity index (χ3v) is 6.90. The number of aromatic nitrogens is 2. The van der Waals surface area contributed by atoms with Gasteiger partial charge in [0.25, 0.3) is 10.0 Å². The van der Waals surface area contributed by atoms with E-state index in [1.54, 1.807) is 28.7 Å².